The van der Waals surface area contributed by atoms with E-state index in [1.165, 1.54) is 18.0 Å². The van der Waals surface area contributed by atoms with Crippen LogP contribution in [0.25, 0.3) is 0 Å². The van der Waals surface area contributed by atoms with Crippen LogP contribution in [0.5, 0.6) is 5.75 Å². The molecule has 0 aliphatic carbocycles. The van der Waals surface area contributed by atoms with E-state index in [9.17, 15) is 9.59 Å². The van der Waals surface area contributed by atoms with Crippen LogP contribution in [0.3, 0.4) is 0 Å². The van der Waals surface area contributed by atoms with E-state index in [-0.39, 0.29) is 23.4 Å². The fraction of sp³-hybridized carbons (Fsp3) is 0.545. The van der Waals surface area contributed by atoms with E-state index in [1.807, 2.05) is 0 Å². The highest BCUT2D eigenvalue weighted by Gasteiger charge is 2.19. The van der Waals surface area contributed by atoms with Crippen molar-refractivity contribution < 1.29 is 9.53 Å². The first-order valence-corrected chi connectivity index (χ1v) is 6.08. The minimum Gasteiger partial charge on any atom is -0.489 e. The molecule has 1 aromatic heterocycles. The van der Waals surface area contributed by atoms with Gasteiger partial charge in [0.25, 0.3) is 5.56 Å². The van der Waals surface area contributed by atoms with Gasteiger partial charge in [-0.2, -0.15) is 0 Å². The Morgan fingerprint density at radius 3 is 2.78 bits per heavy atom. The van der Waals surface area contributed by atoms with Crippen LogP contribution < -0.4 is 10.3 Å². The van der Waals surface area contributed by atoms with E-state index in [0.29, 0.717) is 0 Å². The first-order chi connectivity index (χ1) is 8.63. The first kappa shape index (κ1) is 12.9. The molecule has 98 valence electrons. The van der Waals surface area contributed by atoms with Crippen molar-refractivity contribution in [1.82, 2.24) is 14.5 Å². The van der Waals surface area contributed by atoms with Gasteiger partial charge in [-0.1, -0.05) is 11.6 Å². The van der Waals surface area contributed by atoms with Crippen LogP contribution in [-0.4, -0.2) is 40.6 Å². The number of halogens is 1. The van der Waals surface area contributed by atoms with Crippen molar-refractivity contribution in [1.29, 1.82) is 0 Å². The minimum atomic E-state index is -0.440. The molecule has 1 saturated heterocycles. The quantitative estimate of drug-likeness (QED) is 0.752. The third kappa shape index (κ3) is 2.48. The van der Waals surface area contributed by atoms with E-state index in [0.717, 1.165) is 25.9 Å². The second-order valence-electron chi connectivity index (χ2n) is 4.09. The molecule has 0 radical (unpaired) electrons. The molecule has 1 aliphatic heterocycles. The average Bonchev–Trinajstić information content (AvgIpc) is 2.87. The van der Waals surface area contributed by atoms with Gasteiger partial charge in [0.05, 0.1) is 13.4 Å². The summed E-state index contributed by atoms with van der Waals surface area (Å²) >= 11 is 5.72. The SMILES string of the molecule is COc1c(Cl)ncn(CC(=O)N2CCCC2)c1=O. The maximum Gasteiger partial charge on any atom is 0.297 e. The molecule has 0 atom stereocenters. The van der Waals surface area contributed by atoms with Crippen molar-refractivity contribution in [3.05, 3.63) is 21.8 Å². The van der Waals surface area contributed by atoms with Crippen LogP contribution in [0, 0.1) is 0 Å². The van der Waals surface area contributed by atoms with Gasteiger partial charge in [0.2, 0.25) is 11.7 Å². The van der Waals surface area contributed by atoms with E-state index in [2.05, 4.69) is 4.98 Å². The smallest absolute Gasteiger partial charge is 0.297 e. The summed E-state index contributed by atoms with van der Waals surface area (Å²) in [6.07, 6.45) is 3.30. The summed E-state index contributed by atoms with van der Waals surface area (Å²) in [5, 5.41) is 0.00683. The lowest BCUT2D eigenvalue weighted by Gasteiger charge is -2.16. The topological polar surface area (TPSA) is 64.4 Å². The lowest BCUT2D eigenvalue weighted by atomic mass is 10.4. The van der Waals surface area contributed by atoms with Gasteiger partial charge in [-0.3, -0.25) is 14.2 Å². The Bertz CT molecular complexity index is 509. The zero-order chi connectivity index (χ0) is 13.1. The number of likely N-dealkylation sites (tertiary alicyclic amines) is 1. The fourth-order valence-electron chi connectivity index (χ4n) is 1.95. The zero-order valence-corrected chi connectivity index (χ0v) is 10.8. The van der Waals surface area contributed by atoms with Gasteiger partial charge in [-0.25, -0.2) is 4.98 Å². The summed E-state index contributed by atoms with van der Waals surface area (Å²) in [6.45, 7) is 1.48. The highest BCUT2D eigenvalue weighted by atomic mass is 35.5. The number of nitrogens with zero attached hydrogens (tertiary/aromatic N) is 3. The lowest BCUT2D eigenvalue weighted by Crippen LogP contribution is -2.34. The molecule has 1 fully saturated rings. The molecule has 1 aliphatic rings. The highest BCUT2D eigenvalue weighted by molar-refractivity contribution is 6.30. The number of carbonyl (C=O) groups excluding carboxylic acids is 1. The van der Waals surface area contributed by atoms with Crippen molar-refractivity contribution in [2.24, 2.45) is 0 Å². The monoisotopic (exact) mass is 271 g/mol. The van der Waals surface area contributed by atoms with E-state index in [1.54, 1.807) is 4.90 Å². The van der Waals surface area contributed by atoms with Crippen LogP contribution >= 0.6 is 11.6 Å². The van der Waals surface area contributed by atoms with Crippen LogP contribution in [0.15, 0.2) is 11.1 Å². The molecule has 18 heavy (non-hydrogen) atoms. The molecule has 6 nitrogen and oxygen atoms in total. The molecule has 2 rings (SSSR count). The number of hydrogen-bond acceptors (Lipinski definition) is 4. The first-order valence-electron chi connectivity index (χ1n) is 5.70. The fourth-order valence-corrected chi connectivity index (χ4v) is 2.15. The van der Waals surface area contributed by atoms with Crippen LogP contribution in [-0.2, 0) is 11.3 Å². The Morgan fingerprint density at radius 1 is 1.50 bits per heavy atom. The molecule has 0 unspecified atom stereocenters. The van der Waals surface area contributed by atoms with Crippen molar-refractivity contribution in [2.75, 3.05) is 20.2 Å². The van der Waals surface area contributed by atoms with Crippen molar-refractivity contribution in [3.63, 3.8) is 0 Å². The third-order valence-corrected chi connectivity index (χ3v) is 3.19. The summed E-state index contributed by atoms with van der Waals surface area (Å²) in [5.74, 6) is -0.117. The van der Waals surface area contributed by atoms with Gasteiger partial charge in [-0.05, 0) is 12.8 Å². The van der Waals surface area contributed by atoms with Gasteiger partial charge < -0.3 is 9.64 Å². The zero-order valence-electron chi connectivity index (χ0n) is 10.1. The maximum atomic E-state index is 11.9. The second kappa shape index (κ2) is 5.39. The molecule has 0 bridgehead atoms. The number of rotatable bonds is 3. The molecule has 0 aromatic carbocycles. The van der Waals surface area contributed by atoms with Gasteiger partial charge in [0.1, 0.15) is 6.54 Å². The Kier molecular flexibility index (Phi) is 3.86. The van der Waals surface area contributed by atoms with E-state index in [4.69, 9.17) is 16.3 Å². The third-order valence-electron chi connectivity index (χ3n) is 2.92. The summed E-state index contributed by atoms with van der Waals surface area (Å²) in [5.41, 5.74) is -0.440. The summed E-state index contributed by atoms with van der Waals surface area (Å²) in [7, 11) is 1.34. The largest absolute Gasteiger partial charge is 0.489 e. The highest BCUT2D eigenvalue weighted by Crippen LogP contribution is 2.15. The summed E-state index contributed by atoms with van der Waals surface area (Å²) < 4.78 is 6.08. The molecule has 0 saturated carbocycles. The number of ether oxygens (including phenoxy) is 1. The van der Waals surface area contributed by atoms with Gasteiger partial charge in [-0.15, -0.1) is 0 Å². The Hall–Kier alpha value is -1.56. The minimum absolute atomic E-state index is 0.00683. The molecule has 1 amide bonds. The van der Waals surface area contributed by atoms with E-state index >= 15 is 0 Å². The number of carbonyl (C=O) groups is 1. The van der Waals surface area contributed by atoms with Gasteiger partial charge >= 0.3 is 0 Å². The molecule has 7 heteroatoms. The molecule has 2 heterocycles. The van der Waals surface area contributed by atoms with Gasteiger partial charge in [0, 0.05) is 13.1 Å². The molecular weight excluding hydrogens is 258 g/mol. The molecule has 0 spiro atoms. The molecular formula is C11H14ClN3O3. The number of methoxy groups -OCH3 is 1. The second-order valence-corrected chi connectivity index (χ2v) is 4.45. The Morgan fingerprint density at radius 2 is 2.17 bits per heavy atom. The standard InChI is InChI=1S/C11H14ClN3O3/c1-18-9-10(12)13-7-15(11(9)17)6-8(16)14-4-2-3-5-14/h7H,2-6H2,1H3. The Labute approximate surface area is 109 Å². The predicted octanol–water partition coefficient (Wildman–Crippen LogP) is 0.528. The Balaban J connectivity index is 2.19. The number of aromatic nitrogens is 2. The van der Waals surface area contributed by atoms with Crippen LogP contribution in [0.4, 0.5) is 0 Å². The van der Waals surface area contributed by atoms with Crippen LogP contribution in [0.2, 0.25) is 5.15 Å². The number of hydrogen-bond donors (Lipinski definition) is 0. The molecule has 1 aromatic rings. The normalized spacial score (nSPS) is 14.9. The maximum absolute atomic E-state index is 11.9. The predicted molar refractivity (Wildman–Crippen MR) is 65.9 cm³/mol. The van der Waals surface area contributed by atoms with Gasteiger partial charge in [0.15, 0.2) is 5.15 Å². The van der Waals surface area contributed by atoms with Crippen LogP contribution in [0.1, 0.15) is 12.8 Å². The summed E-state index contributed by atoms with van der Waals surface area (Å²) in [4.78, 5) is 29.4. The summed E-state index contributed by atoms with van der Waals surface area (Å²) in [6, 6.07) is 0. The van der Waals surface area contributed by atoms with Crippen molar-refractivity contribution >= 4 is 17.5 Å². The molecule has 0 N–H and O–H groups in total. The lowest BCUT2D eigenvalue weighted by molar-refractivity contribution is -0.130. The van der Waals surface area contributed by atoms with E-state index < -0.39 is 5.56 Å². The number of amides is 1. The van der Waals surface area contributed by atoms with Crippen molar-refractivity contribution in [3.8, 4) is 5.75 Å². The van der Waals surface area contributed by atoms with Crippen molar-refractivity contribution in [2.45, 2.75) is 19.4 Å². The average molecular weight is 272 g/mol.